The number of nitrogens with zero attached hydrogens (tertiary/aromatic N) is 1. The zero-order valence-electron chi connectivity index (χ0n) is 9.63. The van der Waals surface area contributed by atoms with E-state index in [9.17, 15) is 9.59 Å². The molecule has 1 rings (SSSR count). The van der Waals surface area contributed by atoms with Crippen LogP contribution in [0.2, 0.25) is 0 Å². The second-order valence-electron chi connectivity index (χ2n) is 2.99. The molecule has 92 valence electrons. The average molecular weight is 255 g/mol. The predicted octanol–water partition coefficient (Wildman–Crippen LogP) is 1.66. The quantitative estimate of drug-likeness (QED) is 0.589. The molecule has 0 aliphatic carbocycles. The van der Waals surface area contributed by atoms with Gasteiger partial charge in [-0.1, -0.05) is 11.8 Å². The van der Waals surface area contributed by atoms with E-state index in [1.807, 2.05) is 0 Å². The molecular weight excluding hydrogens is 242 g/mol. The Morgan fingerprint density at radius 1 is 1.47 bits per heavy atom. The van der Waals surface area contributed by atoms with Crippen LogP contribution in [-0.2, 0) is 14.3 Å². The van der Waals surface area contributed by atoms with E-state index in [1.54, 1.807) is 25.3 Å². The minimum atomic E-state index is -0.420. The third kappa shape index (κ3) is 4.86. The average Bonchev–Trinajstić information content (AvgIpc) is 2.27. The molecule has 1 heterocycles. The third-order valence-corrected chi connectivity index (χ3v) is 2.58. The lowest BCUT2D eigenvalue weighted by molar-refractivity contribution is -0.139. The van der Waals surface area contributed by atoms with Gasteiger partial charge in [-0.15, -0.1) is 0 Å². The molecule has 0 saturated heterocycles. The molecule has 0 unspecified atom stereocenters. The fraction of sp³-hybridized carbons (Fsp3) is 0.364. The molecule has 0 aliphatic rings. The summed E-state index contributed by atoms with van der Waals surface area (Å²) in [6.07, 6.45) is 1.57. The van der Waals surface area contributed by atoms with Crippen LogP contribution in [0, 0.1) is 0 Å². The van der Waals surface area contributed by atoms with Crippen molar-refractivity contribution < 1.29 is 19.1 Å². The van der Waals surface area contributed by atoms with Crippen LogP contribution in [0.5, 0.6) is 5.75 Å². The first-order valence-electron chi connectivity index (χ1n) is 5.05. The molecule has 0 spiro atoms. The maximum absolute atomic E-state index is 11.2. The summed E-state index contributed by atoms with van der Waals surface area (Å²) >= 11 is 1.17. The van der Waals surface area contributed by atoms with Gasteiger partial charge in [-0.25, -0.2) is 4.98 Å². The molecule has 0 fully saturated rings. The van der Waals surface area contributed by atoms with E-state index < -0.39 is 5.97 Å². The molecule has 0 bridgehead atoms. The Labute approximate surface area is 104 Å². The number of thioether (sulfide) groups is 1. The molecule has 5 nitrogen and oxygen atoms in total. The first-order valence-corrected chi connectivity index (χ1v) is 6.04. The maximum Gasteiger partial charge on any atom is 0.316 e. The molecule has 0 radical (unpaired) electrons. The topological polar surface area (TPSA) is 65.5 Å². The molecule has 17 heavy (non-hydrogen) atoms. The Kier molecular flexibility index (Phi) is 5.48. The second-order valence-corrected chi connectivity index (χ2v) is 3.96. The summed E-state index contributed by atoms with van der Waals surface area (Å²) < 4.78 is 9.75. The van der Waals surface area contributed by atoms with E-state index in [0.29, 0.717) is 17.4 Å². The number of hydrogen-bond acceptors (Lipinski definition) is 6. The zero-order valence-corrected chi connectivity index (χ0v) is 10.5. The number of carbonyl (C=O) groups excluding carboxylic acids is 2. The molecule has 6 heteroatoms. The third-order valence-electron chi connectivity index (χ3n) is 1.62. The van der Waals surface area contributed by atoms with Gasteiger partial charge in [0, 0.05) is 13.1 Å². The maximum atomic E-state index is 11.2. The summed E-state index contributed by atoms with van der Waals surface area (Å²) in [7, 11) is 0. The van der Waals surface area contributed by atoms with Crippen LogP contribution in [-0.4, -0.2) is 29.3 Å². The largest absolute Gasteiger partial charge is 0.465 e. The number of esters is 2. The van der Waals surface area contributed by atoms with E-state index in [2.05, 4.69) is 4.98 Å². The molecule has 0 aliphatic heterocycles. The summed E-state index contributed by atoms with van der Waals surface area (Å²) in [5, 5.41) is 0.496. The second kappa shape index (κ2) is 6.90. The summed E-state index contributed by atoms with van der Waals surface area (Å²) in [5.41, 5.74) is 0. The molecule has 0 atom stereocenters. The summed E-state index contributed by atoms with van der Waals surface area (Å²) in [4.78, 5) is 26.1. The number of rotatable bonds is 5. The van der Waals surface area contributed by atoms with E-state index in [4.69, 9.17) is 9.47 Å². The summed E-state index contributed by atoms with van der Waals surface area (Å²) in [6.45, 7) is 3.40. The van der Waals surface area contributed by atoms with Gasteiger partial charge in [0.2, 0.25) is 0 Å². The van der Waals surface area contributed by atoms with E-state index in [-0.39, 0.29) is 11.7 Å². The smallest absolute Gasteiger partial charge is 0.316 e. The molecular formula is C11H13NO4S. The van der Waals surface area contributed by atoms with E-state index in [1.165, 1.54) is 18.7 Å². The van der Waals surface area contributed by atoms with Crippen molar-refractivity contribution in [3.05, 3.63) is 18.3 Å². The highest BCUT2D eigenvalue weighted by Gasteiger charge is 2.10. The number of aromatic nitrogens is 1. The van der Waals surface area contributed by atoms with Crippen molar-refractivity contribution in [2.75, 3.05) is 12.4 Å². The lowest BCUT2D eigenvalue weighted by Gasteiger charge is -2.06. The van der Waals surface area contributed by atoms with Crippen molar-refractivity contribution in [1.29, 1.82) is 0 Å². The lowest BCUT2D eigenvalue weighted by Crippen LogP contribution is -2.08. The first-order chi connectivity index (χ1) is 8.13. The van der Waals surface area contributed by atoms with Gasteiger partial charge in [-0.3, -0.25) is 9.59 Å². The van der Waals surface area contributed by atoms with Crippen molar-refractivity contribution >= 4 is 23.7 Å². The van der Waals surface area contributed by atoms with Crippen molar-refractivity contribution in [2.24, 2.45) is 0 Å². The van der Waals surface area contributed by atoms with Gasteiger partial charge < -0.3 is 9.47 Å². The molecule has 0 saturated carbocycles. The van der Waals surface area contributed by atoms with Crippen LogP contribution in [0.3, 0.4) is 0 Å². The number of carbonyl (C=O) groups is 2. The minimum Gasteiger partial charge on any atom is -0.465 e. The molecule has 1 aromatic rings. The predicted molar refractivity (Wildman–Crippen MR) is 62.9 cm³/mol. The van der Waals surface area contributed by atoms with E-state index in [0.717, 1.165) is 0 Å². The Hall–Kier alpha value is -1.56. The SMILES string of the molecule is CCOC(=O)CSc1ncccc1OC(C)=O. The Bertz CT molecular complexity index is 408. The van der Waals surface area contributed by atoms with Crippen LogP contribution in [0.1, 0.15) is 13.8 Å². The Morgan fingerprint density at radius 2 is 2.24 bits per heavy atom. The zero-order chi connectivity index (χ0) is 12.7. The normalized spacial score (nSPS) is 9.76. The van der Waals surface area contributed by atoms with Gasteiger partial charge in [0.15, 0.2) is 5.75 Å². The van der Waals surface area contributed by atoms with Crippen LogP contribution in [0.25, 0.3) is 0 Å². The number of ether oxygens (including phenoxy) is 2. The van der Waals surface area contributed by atoms with Crippen molar-refractivity contribution in [3.63, 3.8) is 0 Å². The fourth-order valence-electron chi connectivity index (χ4n) is 1.05. The van der Waals surface area contributed by atoms with Crippen molar-refractivity contribution in [1.82, 2.24) is 4.98 Å². The van der Waals surface area contributed by atoms with Gasteiger partial charge in [-0.05, 0) is 19.1 Å². The number of hydrogen-bond donors (Lipinski definition) is 0. The van der Waals surface area contributed by atoms with Crippen LogP contribution in [0.15, 0.2) is 23.4 Å². The minimum absolute atomic E-state index is 0.138. The number of pyridine rings is 1. The van der Waals surface area contributed by atoms with Crippen LogP contribution >= 0.6 is 11.8 Å². The lowest BCUT2D eigenvalue weighted by atomic mass is 10.5. The van der Waals surface area contributed by atoms with Gasteiger partial charge in [-0.2, -0.15) is 0 Å². The fourth-order valence-corrected chi connectivity index (χ4v) is 1.77. The monoisotopic (exact) mass is 255 g/mol. The first kappa shape index (κ1) is 13.5. The Balaban J connectivity index is 2.63. The summed E-state index contributed by atoms with van der Waals surface area (Å²) in [6, 6.07) is 3.29. The van der Waals surface area contributed by atoms with E-state index >= 15 is 0 Å². The molecule has 1 aromatic heterocycles. The van der Waals surface area contributed by atoms with Gasteiger partial charge in [0.25, 0.3) is 0 Å². The highest BCUT2D eigenvalue weighted by atomic mass is 32.2. The molecule has 0 amide bonds. The van der Waals surface area contributed by atoms with Crippen LogP contribution in [0.4, 0.5) is 0 Å². The highest BCUT2D eigenvalue weighted by Crippen LogP contribution is 2.26. The standard InChI is InChI=1S/C11H13NO4S/c1-3-15-10(14)7-17-11-9(16-8(2)13)5-4-6-12-11/h4-6H,3,7H2,1-2H3. The highest BCUT2D eigenvalue weighted by molar-refractivity contribution is 8.00. The Morgan fingerprint density at radius 3 is 2.88 bits per heavy atom. The summed E-state index contributed by atoms with van der Waals surface area (Å²) in [5.74, 6) is -0.249. The molecule has 0 aromatic carbocycles. The van der Waals surface area contributed by atoms with Gasteiger partial charge >= 0.3 is 11.9 Å². The van der Waals surface area contributed by atoms with Gasteiger partial charge in [0.1, 0.15) is 5.03 Å². The molecule has 0 N–H and O–H groups in total. The van der Waals surface area contributed by atoms with Crippen molar-refractivity contribution in [3.8, 4) is 5.75 Å². The van der Waals surface area contributed by atoms with Crippen LogP contribution < -0.4 is 4.74 Å². The van der Waals surface area contributed by atoms with Gasteiger partial charge in [0.05, 0.1) is 12.4 Å². The van der Waals surface area contributed by atoms with Crippen molar-refractivity contribution in [2.45, 2.75) is 18.9 Å².